The lowest BCUT2D eigenvalue weighted by Crippen LogP contribution is -2.57. The normalized spacial score (nSPS) is 41.3. The SMILES string of the molecule is CC1(C)CCC[C@@]2(C)[C@@H]1CC[C@@](C)(O)[C@@H]2C[C@H](O)c1ccoc1. The summed E-state index contributed by atoms with van der Waals surface area (Å²) in [5.41, 5.74) is 0.529. The fourth-order valence-corrected chi connectivity index (χ4v) is 5.97. The fraction of sp³-hybridized carbons (Fsp3) is 0.800. The predicted molar refractivity (Wildman–Crippen MR) is 90.9 cm³/mol. The third-order valence-electron chi connectivity index (χ3n) is 7.15. The maximum Gasteiger partial charge on any atom is 0.0960 e. The molecule has 2 saturated carbocycles. The van der Waals surface area contributed by atoms with Gasteiger partial charge in [-0.15, -0.1) is 0 Å². The van der Waals surface area contributed by atoms with Crippen molar-refractivity contribution in [3.63, 3.8) is 0 Å². The largest absolute Gasteiger partial charge is 0.472 e. The van der Waals surface area contributed by atoms with Crippen LogP contribution in [0.1, 0.15) is 77.9 Å². The summed E-state index contributed by atoms with van der Waals surface area (Å²) in [6.45, 7) is 9.11. The second kappa shape index (κ2) is 5.63. The number of rotatable bonds is 3. The number of furan rings is 1. The molecule has 2 aliphatic carbocycles. The first-order valence-corrected chi connectivity index (χ1v) is 9.09. The highest BCUT2D eigenvalue weighted by Crippen LogP contribution is 2.63. The zero-order chi connectivity index (χ0) is 16.9. The molecule has 3 nitrogen and oxygen atoms in total. The van der Waals surface area contributed by atoms with E-state index in [9.17, 15) is 10.2 Å². The van der Waals surface area contributed by atoms with Crippen LogP contribution in [0.4, 0.5) is 0 Å². The number of aliphatic hydroxyl groups excluding tert-OH is 1. The minimum atomic E-state index is -0.705. The Morgan fingerprint density at radius 2 is 1.96 bits per heavy atom. The van der Waals surface area contributed by atoms with Gasteiger partial charge in [-0.05, 0) is 67.8 Å². The standard InChI is InChI=1S/C20H32O3/c1-18(2)8-5-9-19(3)16(18)6-10-20(4,22)17(19)12-15(21)14-7-11-23-13-14/h7,11,13,15-17,21-22H,5-6,8-10,12H2,1-4H3/t15-,16+,17+,19-,20+/m0/s1. The van der Waals surface area contributed by atoms with E-state index in [0.29, 0.717) is 17.8 Å². The third-order valence-corrected chi connectivity index (χ3v) is 7.15. The predicted octanol–water partition coefficient (Wildman–Crippen LogP) is 4.70. The van der Waals surface area contributed by atoms with Crippen molar-refractivity contribution < 1.29 is 14.6 Å². The first kappa shape index (κ1) is 17.0. The van der Waals surface area contributed by atoms with Crippen molar-refractivity contribution in [2.75, 3.05) is 0 Å². The van der Waals surface area contributed by atoms with Crippen molar-refractivity contribution in [2.45, 2.75) is 77.9 Å². The lowest BCUT2D eigenvalue weighted by molar-refractivity contribution is -0.176. The molecule has 0 aromatic carbocycles. The van der Waals surface area contributed by atoms with Crippen LogP contribution >= 0.6 is 0 Å². The van der Waals surface area contributed by atoms with Crippen LogP contribution in [0.15, 0.2) is 23.0 Å². The summed E-state index contributed by atoms with van der Waals surface area (Å²) in [7, 11) is 0. The van der Waals surface area contributed by atoms with Gasteiger partial charge in [0.2, 0.25) is 0 Å². The fourth-order valence-electron chi connectivity index (χ4n) is 5.97. The molecule has 5 atom stereocenters. The Morgan fingerprint density at radius 1 is 1.22 bits per heavy atom. The van der Waals surface area contributed by atoms with E-state index in [2.05, 4.69) is 20.8 Å². The van der Waals surface area contributed by atoms with Gasteiger partial charge in [0.05, 0.1) is 24.2 Å². The Bertz CT molecular complexity index is 531. The average Bonchev–Trinajstić information content (AvgIpc) is 2.95. The summed E-state index contributed by atoms with van der Waals surface area (Å²) < 4.78 is 5.12. The van der Waals surface area contributed by atoms with Gasteiger partial charge < -0.3 is 14.6 Å². The molecule has 2 aliphatic rings. The van der Waals surface area contributed by atoms with E-state index in [-0.39, 0.29) is 11.3 Å². The lowest BCUT2D eigenvalue weighted by Gasteiger charge is -2.61. The maximum absolute atomic E-state index is 11.1. The van der Waals surface area contributed by atoms with Crippen molar-refractivity contribution in [1.82, 2.24) is 0 Å². The summed E-state index contributed by atoms with van der Waals surface area (Å²) in [6, 6.07) is 1.83. The van der Waals surface area contributed by atoms with Crippen molar-refractivity contribution in [1.29, 1.82) is 0 Å². The van der Waals surface area contributed by atoms with Crippen molar-refractivity contribution in [2.24, 2.45) is 22.7 Å². The molecule has 0 bridgehead atoms. The minimum Gasteiger partial charge on any atom is -0.472 e. The maximum atomic E-state index is 11.1. The Kier molecular flexibility index (Phi) is 4.17. The van der Waals surface area contributed by atoms with Gasteiger partial charge in [0.1, 0.15) is 0 Å². The van der Waals surface area contributed by atoms with E-state index in [0.717, 1.165) is 24.8 Å². The molecule has 0 spiro atoms. The Morgan fingerprint density at radius 3 is 2.61 bits per heavy atom. The van der Waals surface area contributed by atoms with Crippen LogP contribution in [0.3, 0.4) is 0 Å². The molecule has 1 aromatic rings. The zero-order valence-electron chi connectivity index (χ0n) is 15.0. The van der Waals surface area contributed by atoms with Crippen molar-refractivity contribution >= 4 is 0 Å². The van der Waals surface area contributed by atoms with E-state index < -0.39 is 11.7 Å². The summed E-state index contributed by atoms with van der Waals surface area (Å²) in [6.07, 6.45) is 8.83. The van der Waals surface area contributed by atoms with Gasteiger partial charge in [-0.25, -0.2) is 0 Å². The molecular weight excluding hydrogens is 288 g/mol. The van der Waals surface area contributed by atoms with Gasteiger partial charge in [0.25, 0.3) is 0 Å². The van der Waals surface area contributed by atoms with Gasteiger partial charge in [0, 0.05) is 5.56 Å². The molecular formula is C20H32O3. The summed E-state index contributed by atoms with van der Waals surface area (Å²) in [5, 5.41) is 21.8. The first-order valence-electron chi connectivity index (χ1n) is 9.09. The first-order chi connectivity index (χ1) is 10.7. The molecule has 0 saturated heterocycles. The van der Waals surface area contributed by atoms with Crippen LogP contribution < -0.4 is 0 Å². The van der Waals surface area contributed by atoms with E-state index in [4.69, 9.17) is 4.42 Å². The lowest BCUT2D eigenvalue weighted by atomic mass is 9.45. The quantitative estimate of drug-likeness (QED) is 0.849. The summed E-state index contributed by atoms with van der Waals surface area (Å²) in [4.78, 5) is 0. The van der Waals surface area contributed by atoms with Crippen molar-refractivity contribution in [3.05, 3.63) is 24.2 Å². The van der Waals surface area contributed by atoms with Gasteiger partial charge in [-0.2, -0.15) is 0 Å². The number of fused-ring (bicyclic) bond motifs is 1. The van der Waals surface area contributed by atoms with E-state index in [1.807, 2.05) is 13.0 Å². The molecule has 1 aromatic heterocycles. The van der Waals surface area contributed by atoms with Gasteiger partial charge in [0.15, 0.2) is 0 Å². The molecule has 1 heterocycles. The highest BCUT2D eigenvalue weighted by atomic mass is 16.3. The molecule has 0 radical (unpaired) electrons. The van der Waals surface area contributed by atoms with Gasteiger partial charge in [-0.3, -0.25) is 0 Å². The molecule has 3 heteroatoms. The van der Waals surface area contributed by atoms with Crippen LogP contribution in [0.5, 0.6) is 0 Å². The van der Waals surface area contributed by atoms with Gasteiger partial charge in [-0.1, -0.05) is 27.2 Å². The summed E-state index contributed by atoms with van der Waals surface area (Å²) in [5.74, 6) is 0.726. The topological polar surface area (TPSA) is 53.6 Å². The van der Waals surface area contributed by atoms with Gasteiger partial charge >= 0.3 is 0 Å². The third kappa shape index (κ3) is 2.87. The highest BCUT2D eigenvalue weighted by molar-refractivity contribution is 5.13. The smallest absolute Gasteiger partial charge is 0.0960 e. The Balaban J connectivity index is 1.90. The van der Waals surface area contributed by atoms with E-state index in [1.54, 1.807) is 12.5 Å². The van der Waals surface area contributed by atoms with E-state index >= 15 is 0 Å². The average molecular weight is 320 g/mol. The molecule has 0 unspecified atom stereocenters. The van der Waals surface area contributed by atoms with Crippen LogP contribution in [-0.2, 0) is 0 Å². The zero-order valence-corrected chi connectivity index (χ0v) is 15.0. The van der Waals surface area contributed by atoms with E-state index in [1.165, 1.54) is 12.8 Å². The molecule has 23 heavy (non-hydrogen) atoms. The monoisotopic (exact) mass is 320 g/mol. The number of aliphatic hydroxyl groups is 2. The highest BCUT2D eigenvalue weighted by Gasteiger charge is 2.58. The molecule has 130 valence electrons. The van der Waals surface area contributed by atoms with Crippen molar-refractivity contribution in [3.8, 4) is 0 Å². The van der Waals surface area contributed by atoms with Crippen LogP contribution in [0.2, 0.25) is 0 Å². The number of hydrogen-bond acceptors (Lipinski definition) is 3. The minimum absolute atomic E-state index is 0.0915. The second-order valence-corrected chi connectivity index (χ2v) is 9.16. The van der Waals surface area contributed by atoms with Crippen LogP contribution in [-0.4, -0.2) is 15.8 Å². The Labute approximate surface area is 140 Å². The molecule has 0 amide bonds. The van der Waals surface area contributed by atoms with Crippen LogP contribution in [0, 0.1) is 22.7 Å². The molecule has 2 fully saturated rings. The number of hydrogen-bond donors (Lipinski definition) is 2. The second-order valence-electron chi connectivity index (χ2n) is 9.16. The Hall–Kier alpha value is -0.800. The molecule has 3 rings (SSSR count). The van der Waals surface area contributed by atoms with Crippen LogP contribution in [0.25, 0.3) is 0 Å². The molecule has 0 aliphatic heterocycles. The molecule has 2 N–H and O–H groups in total. The summed E-state index contributed by atoms with van der Waals surface area (Å²) >= 11 is 0.